The molecule has 3 rings (SSSR count). The molecule has 0 saturated carbocycles. The second kappa shape index (κ2) is 8.19. The van der Waals surface area contributed by atoms with Crippen LogP contribution in [-0.2, 0) is 6.54 Å². The zero-order valence-electron chi connectivity index (χ0n) is 15.8. The van der Waals surface area contributed by atoms with Crippen molar-refractivity contribution in [3.63, 3.8) is 0 Å². The molecule has 0 aliphatic carbocycles. The highest BCUT2D eigenvalue weighted by Gasteiger charge is 2.21. The lowest BCUT2D eigenvalue weighted by Gasteiger charge is -2.34. The molecule has 1 aliphatic rings. The molecule has 1 aliphatic heterocycles. The number of pyridine rings is 1. The molecular weight excluding hydrogens is 326 g/mol. The quantitative estimate of drug-likeness (QED) is 0.918. The van der Waals surface area contributed by atoms with Gasteiger partial charge in [0.15, 0.2) is 0 Å². The Labute approximate surface area is 155 Å². The number of benzene rings is 1. The van der Waals surface area contributed by atoms with Crippen LogP contribution in [0, 0.1) is 6.92 Å². The van der Waals surface area contributed by atoms with E-state index in [0.717, 1.165) is 49.7 Å². The number of piperazine rings is 1. The molecule has 1 aromatic carbocycles. The summed E-state index contributed by atoms with van der Waals surface area (Å²) in [5, 5.41) is 3.05. The molecule has 1 fully saturated rings. The summed E-state index contributed by atoms with van der Waals surface area (Å²) >= 11 is 0. The van der Waals surface area contributed by atoms with Gasteiger partial charge in [0.05, 0.1) is 0 Å². The molecule has 138 valence electrons. The number of aromatic nitrogens is 1. The van der Waals surface area contributed by atoms with Crippen LogP contribution in [0.3, 0.4) is 0 Å². The van der Waals surface area contributed by atoms with Crippen molar-refractivity contribution in [2.24, 2.45) is 0 Å². The van der Waals surface area contributed by atoms with Crippen molar-refractivity contribution < 1.29 is 4.79 Å². The van der Waals surface area contributed by atoms with Crippen LogP contribution in [0.5, 0.6) is 0 Å². The van der Waals surface area contributed by atoms with Crippen molar-refractivity contribution in [3.05, 3.63) is 53.9 Å². The van der Waals surface area contributed by atoms with E-state index in [-0.39, 0.29) is 6.03 Å². The Hall–Kier alpha value is -2.60. The van der Waals surface area contributed by atoms with Crippen LogP contribution < -0.4 is 10.2 Å². The van der Waals surface area contributed by atoms with Gasteiger partial charge in [-0.2, -0.15) is 0 Å². The molecule has 6 nitrogen and oxygen atoms in total. The zero-order chi connectivity index (χ0) is 18.5. The lowest BCUT2D eigenvalue weighted by molar-refractivity contribution is 0.143. The van der Waals surface area contributed by atoms with Gasteiger partial charge in [-0.1, -0.05) is 6.07 Å². The number of nitrogens with zero attached hydrogens (tertiary/aromatic N) is 4. The lowest BCUT2D eigenvalue weighted by atomic mass is 10.1. The summed E-state index contributed by atoms with van der Waals surface area (Å²) in [6, 6.07) is 10.1. The number of rotatable bonds is 4. The number of amides is 2. The van der Waals surface area contributed by atoms with Crippen LogP contribution in [-0.4, -0.2) is 61.1 Å². The molecule has 1 saturated heterocycles. The third-order valence-corrected chi connectivity index (χ3v) is 4.76. The van der Waals surface area contributed by atoms with E-state index in [1.54, 1.807) is 6.20 Å². The molecule has 1 aromatic heterocycles. The predicted octanol–water partition coefficient (Wildman–Crippen LogP) is 2.81. The smallest absolute Gasteiger partial charge is 0.321 e. The second-order valence-electron chi connectivity index (χ2n) is 6.95. The first-order chi connectivity index (χ1) is 12.5. The van der Waals surface area contributed by atoms with Gasteiger partial charge in [0.2, 0.25) is 0 Å². The standard InChI is InChI=1S/C20H27N5O/c1-16-13-18(23(2)3)6-7-19(16)22-20(26)25-11-9-24(10-12-25)15-17-5-4-8-21-14-17/h4-8,13-14H,9-12,15H2,1-3H3,(H,22,26). The van der Waals surface area contributed by atoms with E-state index in [2.05, 4.69) is 32.2 Å². The molecule has 1 N–H and O–H groups in total. The van der Waals surface area contributed by atoms with E-state index in [9.17, 15) is 4.79 Å². The van der Waals surface area contributed by atoms with Gasteiger partial charge in [-0.15, -0.1) is 0 Å². The highest BCUT2D eigenvalue weighted by molar-refractivity contribution is 5.90. The number of aryl methyl sites for hydroxylation is 1. The van der Waals surface area contributed by atoms with E-state index < -0.39 is 0 Å². The number of urea groups is 1. The molecule has 0 spiro atoms. The van der Waals surface area contributed by atoms with Crippen molar-refractivity contribution in [2.45, 2.75) is 13.5 Å². The normalized spacial score (nSPS) is 15.0. The second-order valence-corrected chi connectivity index (χ2v) is 6.95. The third-order valence-electron chi connectivity index (χ3n) is 4.76. The maximum absolute atomic E-state index is 12.6. The summed E-state index contributed by atoms with van der Waals surface area (Å²) in [5.41, 5.74) is 4.28. The van der Waals surface area contributed by atoms with Gasteiger partial charge in [-0.3, -0.25) is 9.88 Å². The maximum Gasteiger partial charge on any atom is 0.321 e. The minimum Gasteiger partial charge on any atom is -0.378 e. The SMILES string of the molecule is Cc1cc(N(C)C)ccc1NC(=O)N1CCN(Cc2cccnc2)CC1. The third kappa shape index (κ3) is 4.52. The molecule has 2 aromatic rings. The average Bonchev–Trinajstić information content (AvgIpc) is 2.64. The molecule has 0 unspecified atom stereocenters. The van der Waals surface area contributed by atoms with Gasteiger partial charge >= 0.3 is 6.03 Å². The fourth-order valence-electron chi connectivity index (χ4n) is 3.12. The lowest BCUT2D eigenvalue weighted by Crippen LogP contribution is -2.49. The summed E-state index contributed by atoms with van der Waals surface area (Å²) < 4.78 is 0. The number of hydrogen-bond donors (Lipinski definition) is 1. The van der Waals surface area contributed by atoms with Crippen LogP contribution >= 0.6 is 0 Å². The Kier molecular flexibility index (Phi) is 5.73. The molecule has 26 heavy (non-hydrogen) atoms. The average molecular weight is 353 g/mol. The van der Waals surface area contributed by atoms with Crippen molar-refractivity contribution in [1.29, 1.82) is 0 Å². The highest BCUT2D eigenvalue weighted by Crippen LogP contribution is 2.22. The van der Waals surface area contributed by atoms with E-state index in [0.29, 0.717) is 0 Å². The molecule has 2 heterocycles. The first kappa shape index (κ1) is 18.2. The minimum absolute atomic E-state index is 0.0215. The summed E-state index contributed by atoms with van der Waals surface area (Å²) in [7, 11) is 4.02. The van der Waals surface area contributed by atoms with Gasteiger partial charge in [0.25, 0.3) is 0 Å². The molecule has 2 amide bonds. The van der Waals surface area contributed by atoms with Crippen molar-refractivity contribution in [2.75, 3.05) is 50.5 Å². The Morgan fingerprint density at radius 1 is 1.19 bits per heavy atom. The first-order valence-electron chi connectivity index (χ1n) is 8.98. The minimum atomic E-state index is -0.0215. The Morgan fingerprint density at radius 3 is 2.58 bits per heavy atom. The number of nitrogens with one attached hydrogen (secondary N) is 1. The van der Waals surface area contributed by atoms with E-state index in [1.807, 2.05) is 50.3 Å². The summed E-state index contributed by atoms with van der Waals surface area (Å²) in [5.74, 6) is 0. The molecular formula is C20H27N5O. The monoisotopic (exact) mass is 353 g/mol. The van der Waals surface area contributed by atoms with Crippen LogP contribution in [0.1, 0.15) is 11.1 Å². The summed E-state index contributed by atoms with van der Waals surface area (Å²) in [6.45, 7) is 6.13. The first-order valence-corrected chi connectivity index (χ1v) is 8.98. The van der Waals surface area contributed by atoms with E-state index in [1.165, 1.54) is 5.56 Å². The number of carbonyl (C=O) groups is 1. The van der Waals surface area contributed by atoms with Crippen LogP contribution in [0.4, 0.5) is 16.2 Å². The van der Waals surface area contributed by atoms with Gasteiger partial charge in [0, 0.05) is 70.6 Å². The Bertz CT molecular complexity index is 739. The van der Waals surface area contributed by atoms with Crippen molar-refractivity contribution in [1.82, 2.24) is 14.8 Å². The highest BCUT2D eigenvalue weighted by atomic mass is 16.2. The van der Waals surface area contributed by atoms with Gasteiger partial charge in [0.1, 0.15) is 0 Å². The van der Waals surface area contributed by atoms with Crippen LogP contribution in [0.25, 0.3) is 0 Å². The van der Waals surface area contributed by atoms with Gasteiger partial charge < -0.3 is 15.1 Å². The zero-order valence-corrected chi connectivity index (χ0v) is 15.8. The largest absolute Gasteiger partial charge is 0.378 e. The Balaban J connectivity index is 1.52. The number of anilines is 2. The fourth-order valence-corrected chi connectivity index (χ4v) is 3.12. The molecule has 6 heteroatoms. The van der Waals surface area contributed by atoms with Crippen molar-refractivity contribution >= 4 is 17.4 Å². The molecule has 0 atom stereocenters. The number of hydrogen-bond acceptors (Lipinski definition) is 4. The van der Waals surface area contributed by atoms with E-state index in [4.69, 9.17) is 0 Å². The van der Waals surface area contributed by atoms with E-state index >= 15 is 0 Å². The summed E-state index contributed by atoms with van der Waals surface area (Å²) in [4.78, 5) is 23.0. The van der Waals surface area contributed by atoms with Crippen LogP contribution in [0.15, 0.2) is 42.7 Å². The number of carbonyl (C=O) groups excluding carboxylic acids is 1. The van der Waals surface area contributed by atoms with Crippen LogP contribution in [0.2, 0.25) is 0 Å². The topological polar surface area (TPSA) is 51.7 Å². The molecule has 0 bridgehead atoms. The maximum atomic E-state index is 12.6. The molecule has 0 radical (unpaired) electrons. The predicted molar refractivity (Wildman–Crippen MR) is 106 cm³/mol. The fraction of sp³-hybridized carbons (Fsp3) is 0.400. The summed E-state index contributed by atoms with van der Waals surface area (Å²) in [6.07, 6.45) is 3.69. The van der Waals surface area contributed by atoms with Crippen molar-refractivity contribution in [3.8, 4) is 0 Å². The Morgan fingerprint density at radius 2 is 1.96 bits per heavy atom. The van der Waals surface area contributed by atoms with Gasteiger partial charge in [-0.25, -0.2) is 4.79 Å². The van der Waals surface area contributed by atoms with Gasteiger partial charge in [-0.05, 0) is 42.3 Å².